The second-order valence-corrected chi connectivity index (χ2v) is 11.8. The van der Waals surface area contributed by atoms with Gasteiger partial charge in [-0.3, -0.25) is 4.79 Å². The van der Waals surface area contributed by atoms with Crippen molar-refractivity contribution < 1.29 is 19.4 Å². The molecule has 1 heterocycles. The zero-order valence-corrected chi connectivity index (χ0v) is 26.4. The van der Waals surface area contributed by atoms with E-state index >= 15 is 0 Å². The first-order valence-corrected chi connectivity index (χ1v) is 17.2. The van der Waals surface area contributed by atoms with Crippen molar-refractivity contribution in [3.8, 4) is 0 Å². The second kappa shape index (κ2) is 28.0. The number of ether oxygens (including phenoxy) is 2. The summed E-state index contributed by atoms with van der Waals surface area (Å²) >= 11 is 0. The average Bonchev–Trinajstić information content (AvgIpc) is 2.96. The first kappa shape index (κ1) is 36.9. The van der Waals surface area contributed by atoms with Gasteiger partial charge in [-0.1, -0.05) is 154 Å². The minimum atomic E-state index is -0.962. The van der Waals surface area contributed by atoms with Crippen LogP contribution in [0.1, 0.15) is 162 Å². The molecule has 0 saturated carbocycles. The Morgan fingerprint density at radius 1 is 0.725 bits per heavy atom. The summed E-state index contributed by atoms with van der Waals surface area (Å²) in [6, 6.07) is -0.262. The van der Waals surface area contributed by atoms with Gasteiger partial charge in [0, 0.05) is 0 Å². The molecule has 5 nitrogen and oxygen atoms in total. The zero-order valence-electron chi connectivity index (χ0n) is 26.4. The molecule has 5 heteroatoms. The Balaban J connectivity index is 2.10. The average molecular weight is 564 g/mol. The molecule has 1 amide bonds. The summed E-state index contributed by atoms with van der Waals surface area (Å²) < 4.78 is 11.2. The summed E-state index contributed by atoms with van der Waals surface area (Å²) in [6.45, 7) is 5.17. The summed E-state index contributed by atoms with van der Waals surface area (Å²) in [5, 5.41) is 13.3. The number of aliphatic hydroxyl groups is 1. The van der Waals surface area contributed by atoms with Crippen LogP contribution in [0, 0.1) is 0 Å². The monoisotopic (exact) mass is 563 g/mol. The third-order valence-corrected chi connectivity index (χ3v) is 7.97. The number of hydrogen-bond donors (Lipinski definition) is 2. The van der Waals surface area contributed by atoms with Gasteiger partial charge in [-0.25, -0.2) is 0 Å². The van der Waals surface area contributed by atoms with Gasteiger partial charge < -0.3 is 19.9 Å². The molecule has 0 aliphatic carbocycles. The first-order valence-electron chi connectivity index (χ1n) is 17.2. The van der Waals surface area contributed by atoms with Crippen molar-refractivity contribution in [2.75, 3.05) is 13.4 Å². The van der Waals surface area contributed by atoms with E-state index in [1.807, 2.05) is 6.08 Å². The van der Waals surface area contributed by atoms with Crippen molar-refractivity contribution in [1.82, 2.24) is 5.32 Å². The number of carbonyl (C=O) groups is 1. The van der Waals surface area contributed by atoms with Crippen molar-refractivity contribution in [3.63, 3.8) is 0 Å². The van der Waals surface area contributed by atoms with Crippen LogP contribution in [0.4, 0.5) is 0 Å². The second-order valence-electron chi connectivity index (χ2n) is 11.8. The molecular weight excluding hydrogens is 498 g/mol. The molecule has 1 saturated heterocycles. The quantitative estimate of drug-likeness (QED) is 0.0772. The Labute approximate surface area is 247 Å². The van der Waals surface area contributed by atoms with E-state index in [1.54, 1.807) is 0 Å². The van der Waals surface area contributed by atoms with Crippen LogP contribution in [0.15, 0.2) is 24.3 Å². The summed E-state index contributed by atoms with van der Waals surface area (Å²) in [5.74, 6) is -0.311. The molecule has 0 aromatic carbocycles. The summed E-state index contributed by atoms with van der Waals surface area (Å²) in [5.41, 5.74) is 0. The first-order chi connectivity index (χ1) is 19.7. The predicted octanol–water partition coefficient (Wildman–Crippen LogP) is 9.33. The molecule has 234 valence electrons. The van der Waals surface area contributed by atoms with Crippen molar-refractivity contribution >= 4 is 5.91 Å². The van der Waals surface area contributed by atoms with Gasteiger partial charge in [-0.2, -0.15) is 0 Å². The van der Waals surface area contributed by atoms with E-state index in [1.165, 1.54) is 116 Å². The minimum Gasteiger partial charge on any atom is -0.383 e. The molecule has 1 fully saturated rings. The number of hydrogen-bond acceptors (Lipinski definition) is 4. The van der Waals surface area contributed by atoms with E-state index < -0.39 is 6.10 Å². The number of amides is 1. The largest absolute Gasteiger partial charge is 0.383 e. The molecule has 3 atom stereocenters. The highest BCUT2D eigenvalue weighted by molar-refractivity contribution is 5.80. The molecule has 0 unspecified atom stereocenters. The van der Waals surface area contributed by atoms with Gasteiger partial charge in [-0.15, -0.1) is 0 Å². The molecule has 2 N–H and O–H groups in total. The van der Waals surface area contributed by atoms with Gasteiger partial charge in [-0.05, 0) is 32.1 Å². The highest BCUT2D eigenvalue weighted by atomic mass is 16.7. The van der Waals surface area contributed by atoms with Crippen LogP contribution in [0.5, 0.6) is 0 Å². The molecule has 40 heavy (non-hydrogen) atoms. The summed E-state index contributed by atoms with van der Waals surface area (Å²) in [4.78, 5) is 12.6. The van der Waals surface area contributed by atoms with E-state index in [0.717, 1.165) is 25.7 Å². The fourth-order valence-corrected chi connectivity index (χ4v) is 5.29. The number of aliphatic hydroxyl groups excluding tert-OH is 1. The van der Waals surface area contributed by atoms with Crippen LogP contribution in [0.2, 0.25) is 0 Å². The molecule has 0 aromatic heterocycles. The summed E-state index contributed by atoms with van der Waals surface area (Å²) in [6.07, 6.45) is 36.0. The van der Waals surface area contributed by atoms with Crippen LogP contribution >= 0.6 is 0 Å². The van der Waals surface area contributed by atoms with Gasteiger partial charge in [0.2, 0.25) is 5.91 Å². The van der Waals surface area contributed by atoms with Crippen LogP contribution in [-0.2, 0) is 14.3 Å². The number of allylic oxidation sites excluding steroid dienone is 3. The lowest BCUT2D eigenvalue weighted by Crippen LogP contribution is -2.52. The van der Waals surface area contributed by atoms with Gasteiger partial charge in [0.05, 0.1) is 12.6 Å². The molecule has 0 spiro atoms. The van der Waals surface area contributed by atoms with Crippen LogP contribution < -0.4 is 5.32 Å². The molecule has 1 aliphatic heterocycles. The number of unbranched alkanes of at least 4 members (excludes halogenated alkanes) is 19. The van der Waals surface area contributed by atoms with Gasteiger partial charge in [0.15, 0.2) is 0 Å². The number of rotatable bonds is 27. The van der Waals surface area contributed by atoms with Gasteiger partial charge >= 0.3 is 0 Å². The summed E-state index contributed by atoms with van der Waals surface area (Å²) in [7, 11) is 0. The molecule has 0 radical (unpaired) electrons. The highest BCUT2D eigenvalue weighted by Gasteiger charge is 2.28. The topological polar surface area (TPSA) is 67.8 Å². The molecule has 0 aromatic rings. The van der Waals surface area contributed by atoms with E-state index in [0.29, 0.717) is 13.0 Å². The van der Waals surface area contributed by atoms with E-state index in [2.05, 4.69) is 37.4 Å². The third kappa shape index (κ3) is 21.6. The van der Waals surface area contributed by atoms with Crippen molar-refractivity contribution in [2.24, 2.45) is 0 Å². The Morgan fingerprint density at radius 2 is 1.23 bits per heavy atom. The fraction of sp³-hybridized carbons (Fsp3) is 0.857. The smallest absolute Gasteiger partial charge is 0.249 e. The SMILES string of the molecule is CCCCCCCCC/C=C/CC/C=C/[C@H]1OCOC[C@@H]1NC(=O)[C@H](O)CCCCCCCCCCCCCC. The maximum atomic E-state index is 12.6. The predicted molar refractivity (Wildman–Crippen MR) is 169 cm³/mol. The minimum absolute atomic E-state index is 0.215. The van der Waals surface area contributed by atoms with Crippen LogP contribution in [0.3, 0.4) is 0 Å². The highest BCUT2D eigenvalue weighted by Crippen LogP contribution is 2.15. The van der Waals surface area contributed by atoms with Crippen molar-refractivity contribution in [1.29, 1.82) is 0 Å². The molecule has 0 bridgehead atoms. The molecule has 1 aliphatic rings. The zero-order chi connectivity index (χ0) is 28.9. The van der Waals surface area contributed by atoms with E-state index in [4.69, 9.17) is 9.47 Å². The van der Waals surface area contributed by atoms with Gasteiger partial charge in [0.1, 0.15) is 19.0 Å². The maximum Gasteiger partial charge on any atom is 0.249 e. The lowest BCUT2D eigenvalue weighted by molar-refractivity contribution is -0.151. The number of nitrogens with one attached hydrogen (secondary N) is 1. The Kier molecular flexibility index (Phi) is 25.8. The lowest BCUT2D eigenvalue weighted by Gasteiger charge is -2.31. The van der Waals surface area contributed by atoms with E-state index in [-0.39, 0.29) is 24.8 Å². The Bertz CT molecular complexity index is 621. The van der Waals surface area contributed by atoms with E-state index in [9.17, 15) is 9.90 Å². The Morgan fingerprint density at radius 3 is 1.82 bits per heavy atom. The molecular formula is C35H65NO4. The number of carbonyl (C=O) groups excluding carboxylic acids is 1. The van der Waals surface area contributed by atoms with Crippen LogP contribution in [0.25, 0.3) is 0 Å². The Hall–Kier alpha value is -1.17. The third-order valence-electron chi connectivity index (χ3n) is 7.97. The van der Waals surface area contributed by atoms with Gasteiger partial charge in [0.25, 0.3) is 0 Å². The standard InChI is InChI=1S/C35H65NO4/c1-3-5-7-9-11-13-15-17-19-21-23-25-27-29-34-32(30-39-31-40-34)36-35(38)33(37)28-26-24-22-20-18-16-14-12-10-8-6-4-2/h19,21,27,29,32-34,37H,3-18,20,22-26,28,30-31H2,1-2H3,(H,36,38)/b21-19+,29-27+/t32-,33+,34+/m0/s1. The van der Waals surface area contributed by atoms with Crippen molar-refractivity contribution in [2.45, 2.75) is 180 Å². The lowest BCUT2D eigenvalue weighted by atomic mass is 10.0. The molecule has 1 rings (SSSR count). The maximum absolute atomic E-state index is 12.6. The van der Waals surface area contributed by atoms with Crippen LogP contribution in [-0.4, -0.2) is 42.7 Å². The fourth-order valence-electron chi connectivity index (χ4n) is 5.29. The normalized spacial score (nSPS) is 18.6. The van der Waals surface area contributed by atoms with Crippen molar-refractivity contribution in [3.05, 3.63) is 24.3 Å².